The van der Waals surface area contributed by atoms with Crippen molar-refractivity contribution in [2.45, 2.75) is 36.9 Å². The Bertz CT molecular complexity index is 1340. The molecule has 0 aliphatic heterocycles. The van der Waals surface area contributed by atoms with Gasteiger partial charge < -0.3 is 28.9 Å². The summed E-state index contributed by atoms with van der Waals surface area (Å²) < 4.78 is 53.3. The monoisotopic (exact) mass is 615 g/mol. The van der Waals surface area contributed by atoms with Crippen LogP contribution in [0.4, 0.5) is 13.6 Å². The number of carbonyl (C=O) groups excluding carboxylic acids is 1. The van der Waals surface area contributed by atoms with Crippen LogP contribution in [0.15, 0.2) is 53.7 Å². The van der Waals surface area contributed by atoms with Gasteiger partial charge in [0.25, 0.3) is 0 Å². The topological polar surface area (TPSA) is 90.2 Å². The van der Waals surface area contributed by atoms with Crippen LogP contribution in [0.5, 0.6) is 23.0 Å². The summed E-state index contributed by atoms with van der Waals surface area (Å²) in [5, 5.41) is 11.2. The molecule has 1 atom stereocenters. The number of aromatic nitrogens is 1. The third-order valence-corrected chi connectivity index (χ3v) is 7.37. The zero-order chi connectivity index (χ0) is 28.8. The lowest BCUT2D eigenvalue weighted by Crippen LogP contribution is -2.25. The summed E-state index contributed by atoms with van der Waals surface area (Å²) in [4.78, 5) is 13.6. The van der Waals surface area contributed by atoms with E-state index in [1.807, 2.05) is 0 Å². The van der Waals surface area contributed by atoms with E-state index < -0.39 is 18.0 Å². The number of ether oxygens (including phenoxy) is 5. The van der Waals surface area contributed by atoms with Crippen molar-refractivity contribution in [2.24, 2.45) is 5.92 Å². The van der Waals surface area contributed by atoms with Gasteiger partial charge >= 0.3 is 11.9 Å². The van der Waals surface area contributed by atoms with Crippen molar-refractivity contribution in [2.75, 3.05) is 20.8 Å². The summed E-state index contributed by atoms with van der Waals surface area (Å²) in [7, 11) is 2.97. The Balaban J connectivity index is 1.64. The predicted octanol–water partition coefficient (Wildman–Crippen LogP) is 7.25. The molecule has 0 spiro atoms. The van der Waals surface area contributed by atoms with Gasteiger partial charge in [0.1, 0.15) is 16.1 Å². The molecule has 1 aliphatic carbocycles. The molecule has 8 nitrogen and oxygen atoms in total. The first-order valence-corrected chi connectivity index (χ1v) is 13.6. The van der Waals surface area contributed by atoms with Gasteiger partial charge in [-0.05, 0) is 66.4 Å². The first-order chi connectivity index (χ1) is 19.2. The van der Waals surface area contributed by atoms with Gasteiger partial charge in [0, 0.05) is 16.9 Å². The third-order valence-electron chi connectivity index (χ3n) is 5.97. The van der Waals surface area contributed by atoms with Gasteiger partial charge in [0.2, 0.25) is 0 Å². The number of pyridine rings is 1. The smallest absolute Gasteiger partial charge is 0.387 e. The largest absolute Gasteiger partial charge is 0.619 e. The van der Waals surface area contributed by atoms with Gasteiger partial charge in [-0.1, -0.05) is 29.3 Å². The molecule has 1 aliphatic rings. The lowest BCUT2D eigenvalue weighted by molar-refractivity contribution is -0.605. The lowest BCUT2D eigenvalue weighted by Gasteiger charge is -2.21. The highest BCUT2D eigenvalue weighted by Crippen LogP contribution is 2.39. The van der Waals surface area contributed by atoms with Crippen molar-refractivity contribution in [3.05, 3.63) is 75.2 Å². The number of benzene rings is 2. The summed E-state index contributed by atoms with van der Waals surface area (Å²) in [6, 6.07) is 9.24. The molecule has 214 valence electrons. The van der Waals surface area contributed by atoms with Crippen LogP contribution in [-0.2, 0) is 11.2 Å². The second kappa shape index (κ2) is 13.5. The van der Waals surface area contributed by atoms with E-state index in [9.17, 15) is 18.8 Å². The van der Waals surface area contributed by atoms with Crippen molar-refractivity contribution in [3.8, 4) is 23.0 Å². The maximum absolute atomic E-state index is 13.1. The molecule has 1 fully saturated rings. The molecule has 0 amide bonds. The van der Waals surface area contributed by atoms with Crippen LogP contribution in [-0.4, -0.2) is 32.7 Å². The zero-order valence-corrected chi connectivity index (χ0v) is 23.7. The molecule has 0 bridgehead atoms. The Labute approximate surface area is 243 Å². The number of nitrogens with zero attached hydrogens (tertiary/aromatic N) is 1. The maximum atomic E-state index is 13.1. The number of halogens is 4. The standard InChI is InChI=1S/C27H25Cl2F2NO7S/c1-35-21-8-6-17(10-24(21)36-2)40-27(33)39-23(11-18-19(28)12-32(34)13-20(18)29)16-5-7-22(38-26(30)31)25(9-16)37-14-15-3-4-15/h5-10,12-13,15,23,26H,3-4,11,14H2,1-2H3. The highest BCUT2D eigenvalue weighted by atomic mass is 35.5. The molecule has 3 aromatic rings. The average Bonchev–Trinajstić information content (AvgIpc) is 3.73. The van der Waals surface area contributed by atoms with E-state index in [1.165, 1.54) is 32.4 Å². The molecule has 0 saturated heterocycles. The van der Waals surface area contributed by atoms with Crippen molar-refractivity contribution in [3.63, 3.8) is 0 Å². The average molecular weight is 616 g/mol. The van der Waals surface area contributed by atoms with Crippen molar-refractivity contribution >= 4 is 40.3 Å². The molecule has 4 rings (SSSR count). The number of hydrogen-bond donors (Lipinski definition) is 0. The van der Waals surface area contributed by atoms with Crippen LogP contribution in [0.3, 0.4) is 0 Å². The molecule has 1 heterocycles. The molecular formula is C27H25Cl2F2NO7S. The highest BCUT2D eigenvalue weighted by molar-refractivity contribution is 8.13. The Hall–Kier alpha value is -3.15. The van der Waals surface area contributed by atoms with E-state index in [0.717, 1.165) is 37.0 Å². The summed E-state index contributed by atoms with van der Waals surface area (Å²) >= 11 is 13.4. The lowest BCUT2D eigenvalue weighted by atomic mass is 10.0. The van der Waals surface area contributed by atoms with Crippen LogP contribution in [0.1, 0.15) is 30.1 Å². The molecule has 0 radical (unpaired) electrons. The second-order valence-electron chi connectivity index (χ2n) is 8.81. The van der Waals surface area contributed by atoms with Gasteiger partial charge in [-0.25, -0.2) is 4.79 Å². The fourth-order valence-electron chi connectivity index (χ4n) is 3.78. The Morgan fingerprint density at radius 3 is 2.33 bits per heavy atom. The second-order valence-corrected chi connectivity index (χ2v) is 10.6. The van der Waals surface area contributed by atoms with Gasteiger partial charge in [-0.15, -0.1) is 0 Å². The molecule has 40 heavy (non-hydrogen) atoms. The van der Waals surface area contributed by atoms with E-state index in [1.54, 1.807) is 18.2 Å². The Morgan fingerprint density at radius 1 is 1.02 bits per heavy atom. The molecular weight excluding hydrogens is 591 g/mol. The van der Waals surface area contributed by atoms with Crippen LogP contribution >= 0.6 is 35.0 Å². The van der Waals surface area contributed by atoms with Crippen molar-refractivity contribution in [1.82, 2.24) is 0 Å². The first-order valence-electron chi connectivity index (χ1n) is 12.1. The number of thioether (sulfide) groups is 1. The fraction of sp³-hybridized carbons (Fsp3) is 0.333. The van der Waals surface area contributed by atoms with Crippen LogP contribution < -0.4 is 23.7 Å². The Kier molecular flexibility index (Phi) is 10.0. The summed E-state index contributed by atoms with van der Waals surface area (Å²) in [6.45, 7) is -2.72. The summed E-state index contributed by atoms with van der Waals surface area (Å²) in [5.74, 6) is 1.20. The number of hydrogen-bond acceptors (Lipinski definition) is 8. The van der Waals surface area contributed by atoms with E-state index >= 15 is 0 Å². The predicted molar refractivity (Wildman–Crippen MR) is 145 cm³/mol. The van der Waals surface area contributed by atoms with Crippen molar-refractivity contribution < 1.29 is 42.0 Å². The summed E-state index contributed by atoms with van der Waals surface area (Å²) in [6.07, 6.45) is 3.23. The minimum absolute atomic E-state index is 0.0200. The number of carbonyl (C=O) groups is 1. The maximum Gasteiger partial charge on any atom is 0.387 e. The van der Waals surface area contributed by atoms with Crippen LogP contribution in [0.2, 0.25) is 10.0 Å². The van der Waals surface area contributed by atoms with E-state index in [4.69, 9.17) is 42.1 Å². The number of methoxy groups -OCH3 is 2. The van der Waals surface area contributed by atoms with Crippen molar-refractivity contribution in [1.29, 1.82) is 0 Å². The third kappa shape index (κ3) is 7.96. The highest BCUT2D eigenvalue weighted by Gasteiger charge is 2.27. The molecule has 13 heteroatoms. The summed E-state index contributed by atoms with van der Waals surface area (Å²) in [5.41, 5.74) is 0.775. The minimum Gasteiger partial charge on any atom is -0.619 e. The molecule has 1 aromatic heterocycles. The number of rotatable bonds is 12. The van der Waals surface area contributed by atoms with E-state index in [0.29, 0.717) is 44.8 Å². The first kappa shape index (κ1) is 29.8. The fourth-order valence-corrected chi connectivity index (χ4v) is 5.04. The SMILES string of the molecule is COc1ccc(SC(=O)OC(Cc2c(Cl)c[n+]([O-])cc2Cl)c2ccc(OC(F)F)c(OCC3CC3)c2)cc1OC. The van der Waals surface area contributed by atoms with Gasteiger partial charge in [-0.2, -0.15) is 13.5 Å². The van der Waals surface area contributed by atoms with Crippen LogP contribution in [0, 0.1) is 11.1 Å². The minimum atomic E-state index is -3.05. The van der Waals surface area contributed by atoms with Crippen LogP contribution in [0.25, 0.3) is 0 Å². The Morgan fingerprint density at radius 2 is 1.70 bits per heavy atom. The quantitative estimate of drug-likeness (QED) is 0.0911. The molecule has 0 N–H and O–H groups in total. The molecule has 2 aromatic carbocycles. The molecule has 1 unspecified atom stereocenters. The normalized spacial score (nSPS) is 13.6. The van der Waals surface area contributed by atoms with Gasteiger partial charge in [0.05, 0.1) is 20.8 Å². The number of alkyl halides is 2. The van der Waals surface area contributed by atoms with Gasteiger partial charge in [0.15, 0.2) is 35.4 Å². The van der Waals surface area contributed by atoms with E-state index in [-0.39, 0.29) is 28.0 Å². The molecule has 1 saturated carbocycles. The van der Waals surface area contributed by atoms with Gasteiger partial charge in [-0.3, -0.25) is 0 Å². The van der Waals surface area contributed by atoms with E-state index in [2.05, 4.69) is 4.74 Å². The zero-order valence-electron chi connectivity index (χ0n) is 21.4.